The molecule has 0 amide bonds. The van der Waals surface area contributed by atoms with Crippen molar-refractivity contribution < 1.29 is 26.1 Å². The zero-order valence-electron chi connectivity index (χ0n) is 15.3. The van der Waals surface area contributed by atoms with Crippen LogP contribution in [0.2, 0.25) is 5.02 Å². The molecule has 0 fully saturated rings. The summed E-state index contributed by atoms with van der Waals surface area (Å²) in [6, 6.07) is 1.26. The standard InChI is InChI=1S/C16H19ClF3N3O3S/c1-9(13-21-14(26-22-13)15(2,3)4)23(5)27(24,25)12-7-6-10(8-11(12)17)16(18,19)20/h6-9H,1-5H3. The van der Waals surface area contributed by atoms with Crippen LogP contribution >= 0.6 is 11.6 Å². The van der Waals surface area contributed by atoms with Crippen molar-refractivity contribution in [2.45, 2.75) is 50.2 Å². The Kier molecular flexibility index (Phi) is 5.66. The Bertz CT molecular complexity index is 936. The molecule has 0 N–H and O–H groups in total. The summed E-state index contributed by atoms with van der Waals surface area (Å²) in [4.78, 5) is 3.77. The summed E-state index contributed by atoms with van der Waals surface area (Å²) < 4.78 is 70.0. The molecule has 6 nitrogen and oxygen atoms in total. The van der Waals surface area contributed by atoms with Gasteiger partial charge >= 0.3 is 6.18 Å². The molecule has 0 aliphatic heterocycles. The van der Waals surface area contributed by atoms with E-state index in [9.17, 15) is 21.6 Å². The first-order valence-electron chi connectivity index (χ1n) is 7.84. The molecule has 2 rings (SSSR count). The average Bonchev–Trinajstić information content (AvgIpc) is 3.02. The number of hydrogen-bond donors (Lipinski definition) is 0. The molecule has 27 heavy (non-hydrogen) atoms. The molecular weight excluding hydrogens is 407 g/mol. The molecule has 150 valence electrons. The van der Waals surface area contributed by atoms with Crippen LogP contribution in [0.4, 0.5) is 13.2 Å². The summed E-state index contributed by atoms with van der Waals surface area (Å²) in [5.41, 5.74) is -1.45. The molecule has 0 radical (unpaired) electrons. The highest BCUT2D eigenvalue weighted by Gasteiger charge is 2.35. The van der Waals surface area contributed by atoms with Crippen molar-refractivity contribution >= 4 is 21.6 Å². The Morgan fingerprint density at radius 1 is 1.22 bits per heavy atom. The predicted molar refractivity (Wildman–Crippen MR) is 92.8 cm³/mol. The SMILES string of the molecule is CC(c1noc(C(C)(C)C)n1)N(C)S(=O)(=O)c1ccc(C(F)(F)F)cc1Cl. The number of aromatic nitrogens is 2. The number of nitrogens with zero attached hydrogens (tertiary/aromatic N) is 3. The molecule has 1 heterocycles. The van der Waals surface area contributed by atoms with E-state index in [-0.39, 0.29) is 5.82 Å². The van der Waals surface area contributed by atoms with Crippen LogP contribution in [-0.4, -0.2) is 29.9 Å². The van der Waals surface area contributed by atoms with E-state index in [1.165, 1.54) is 14.0 Å². The van der Waals surface area contributed by atoms with E-state index in [1.54, 1.807) is 0 Å². The second-order valence-corrected chi connectivity index (χ2v) is 9.42. The van der Waals surface area contributed by atoms with E-state index < -0.39 is 43.1 Å². The van der Waals surface area contributed by atoms with Crippen LogP contribution in [0.25, 0.3) is 0 Å². The van der Waals surface area contributed by atoms with Crippen LogP contribution in [0.15, 0.2) is 27.6 Å². The lowest BCUT2D eigenvalue weighted by molar-refractivity contribution is -0.137. The first-order chi connectivity index (χ1) is 12.2. The van der Waals surface area contributed by atoms with E-state index in [2.05, 4.69) is 10.1 Å². The maximum Gasteiger partial charge on any atom is 0.416 e. The van der Waals surface area contributed by atoms with Crippen LogP contribution < -0.4 is 0 Å². The molecule has 11 heteroatoms. The molecule has 1 unspecified atom stereocenters. The van der Waals surface area contributed by atoms with Gasteiger partial charge in [0.25, 0.3) is 0 Å². The molecule has 0 bridgehead atoms. The van der Waals surface area contributed by atoms with Gasteiger partial charge in [0, 0.05) is 12.5 Å². The largest absolute Gasteiger partial charge is 0.416 e. The minimum absolute atomic E-state index is 0.133. The summed E-state index contributed by atoms with van der Waals surface area (Å²) in [5.74, 6) is 0.469. The lowest BCUT2D eigenvalue weighted by atomic mass is 9.97. The lowest BCUT2D eigenvalue weighted by Gasteiger charge is -2.22. The van der Waals surface area contributed by atoms with E-state index in [0.717, 1.165) is 10.4 Å². The van der Waals surface area contributed by atoms with Gasteiger partial charge in [-0.3, -0.25) is 0 Å². The molecule has 0 saturated heterocycles. The molecule has 1 atom stereocenters. The Hall–Kier alpha value is -1.65. The van der Waals surface area contributed by atoms with Crippen molar-refractivity contribution in [2.75, 3.05) is 7.05 Å². The van der Waals surface area contributed by atoms with Crippen LogP contribution in [0.3, 0.4) is 0 Å². The molecule has 1 aromatic heterocycles. The van der Waals surface area contributed by atoms with Crippen LogP contribution in [-0.2, 0) is 21.6 Å². The van der Waals surface area contributed by atoms with E-state index in [4.69, 9.17) is 16.1 Å². The predicted octanol–water partition coefficient (Wildman–Crippen LogP) is 4.42. The Morgan fingerprint density at radius 3 is 2.26 bits per heavy atom. The van der Waals surface area contributed by atoms with Gasteiger partial charge in [-0.15, -0.1) is 0 Å². The maximum atomic E-state index is 12.8. The van der Waals surface area contributed by atoms with Crippen molar-refractivity contribution in [1.29, 1.82) is 0 Å². The third-order valence-electron chi connectivity index (χ3n) is 3.92. The minimum Gasteiger partial charge on any atom is -0.339 e. The summed E-state index contributed by atoms with van der Waals surface area (Å²) in [5, 5.41) is 3.28. The minimum atomic E-state index is -4.63. The summed E-state index contributed by atoms with van der Waals surface area (Å²) >= 11 is 5.82. The molecule has 0 saturated carbocycles. The van der Waals surface area contributed by atoms with Gasteiger partial charge in [-0.2, -0.15) is 22.5 Å². The second-order valence-electron chi connectivity index (χ2n) is 7.05. The van der Waals surface area contributed by atoms with Gasteiger partial charge in [0.1, 0.15) is 4.90 Å². The fourth-order valence-corrected chi connectivity index (χ4v) is 3.96. The quantitative estimate of drug-likeness (QED) is 0.724. The van der Waals surface area contributed by atoms with Gasteiger partial charge in [0.05, 0.1) is 16.6 Å². The van der Waals surface area contributed by atoms with Crippen LogP contribution in [0, 0.1) is 0 Å². The van der Waals surface area contributed by atoms with E-state index in [1.807, 2.05) is 20.8 Å². The Labute approximate surface area is 160 Å². The molecular formula is C16H19ClF3N3O3S. The monoisotopic (exact) mass is 425 g/mol. The first-order valence-corrected chi connectivity index (χ1v) is 9.66. The summed E-state index contributed by atoms with van der Waals surface area (Å²) in [6.07, 6.45) is -4.63. The highest BCUT2D eigenvalue weighted by Crippen LogP contribution is 2.35. The zero-order valence-corrected chi connectivity index (χ0v) is 16.9. The van der Waals surface area contributed by atoms with Gasteiger partial charge in [-0.25, -0.2) is 8.42 Å². The normalized spacial score (nSPS) is 14.6. The van der Waals surface area contributed by atoms with Crippen molar-refractivity contribution in [3.8, 4) is 0 Å². The maximum absolute atomic E-state index is 12.8. The highest BCUT2D eigenvalue weighted by atomic mass is 35.5. The third-order valence-corrected chi connectivity index (χ3v) is 6.33. The molecule has 1 aromatic carbocycles. The van der Waals surface area contributed by atoms with Crippen LogP contribution in [0.1, 0.15) is 51.0 Å². The topological polar surface area (TPSA) is 76.3 Å². The number of hydrogen-bond acceptors (Lipinski definition) is 5. The zero-order chi connectivity index (χ0) is 20.8. The first kappa shape index (κ1) is 21.6. The smallest absolute Gasteiger partial charge is 0.339 e. The van der Waals surface area contributed by atoms with Crippen molar-refractivity contribution in [3.63, 3.8) is 0 Å². The fourth-order valence-electron chi connectivity index (χ4n) is 2.12. The second kappa shape index (κ2) is 7.06. The number of sulfonamides is 1. The Morgan fingerprint density at radius 2 is 1.81 bits per heavy atom. The van der Waals surface area contributed by atoms with Gasteiger partial charge in [0.15, 0.2) is 5.82 Å². The van der Waals surface area contributed by atoms with Crippen LogP contribution in [0.5, 0.6) is 0 Å². The van der Waals surface area contributed by atoms with Gasteiger partial charge in [-0.05, 0) is 25.1 Å². The Balaban J connectivity index is 2.37. The van der Waals surface area contributed by atoms with E-state index in [0.29, 0.717) is 18.0 Å². The molecule has 0 spiro atoms. The average molecular weight is 426 g/mol. The number of benzene rings is 1. The number of halogens is 4. The summed E-state index contributed by atoms with van der Waals surface area (Å²) in [7, 11) is -2.93. The lowest BCUT2D eigenvalue weighted by Crippen LogP contribution is -2.30. The fraction of sp³-hybridized carbons (Fsp3) is 0.500. The van der Waals surface area contributed by atoms with Crippen molar-refractivity contribution in [2.24, 2.45) is 0 Å². The van der Waals surface area contributed by atoms with Crippen molar-refractivity contribution in [1.82, 2.24) is 14.4 Å². The molecule has 0 aliphatic rings. The third kappa shape index (κ3) is 4.44. The molecule has 0 aliphatic carbocycles. The number of rotatable bonds is 4. The van der Waals surface area contributed by atoms with Gasteiger partial charge in [0.2, 0.25) is 15.9 Å². The van der Waals surface area contributed by atoms with Gasteiger partial charge < -0.3 is 4.52 Å². The highest BCUT2D eigenvalue weighted by molar-refractivity contribution is 7.89. The summed E-state index contributed by atoms with van der Waals surface area (Å²) in [6.45, 7) is 7.11. The van der Waals surface area contributed by atoms with E-state index >= 15 is 0 Å². The number of alkyl halides is 3. The van der Waals surface area contributed by atoms with Gasteiger partial charge in [-0.1, -0.05) is 37.5 Å². The van der Waals surface area contributed by atoms with Crippen molar-refractivity contribution in [3.05, 3.63) is 40.5 Å². The molecule has 2 aromatic rings.